The molecule has 4 radical (unpaired) electrons. The zero-order chi connectivity index (χ0) is 52.9. The van der Waals surface area contributed by atoms with Crippen LogP contribution in [0.15, 0.2) is 106 Å². The molecule has 5 N–H and O–H groups in total. The van der Waals surface area contributed by atoms with Gasteiger partial charge >= 0.3 is 23.5 Å². The number of hydrogen-bond donors (Lipinski definition) is 3. The maximum Gasteiger partial charge on any atom is 0.363 e. The minimum atomic E-state index is -0.811. The van der Waals surface area contributed by atoms with Crippen LogP contribution >= 0.6 is 136 Å². The summed E-state index contributed by atoms with van der Waals surface area (Å²) in [5.74, 6) is -2.77. The molecule has 0 aliphatic rings. The number of H-pyrrole nitrogens is 1. The van der Waals surface area contributed by atoms with Gasteiger partial charge in [-0.25, -0.2) is 9.95 Å². The number of nitrogens with one attached hydrogen (secondary N) is 1. The number of aromatic nitrogens is 1. The summed E-state index contributed by atoms with van der Waals surface area (Å²) in [4.78, 5) is 66.9. The molecule has 0 spiro atoms. The van der Waals surface area contributed by atoms with Crippen LogP contribution in [-0.4, -0.2) is 91.7 Å². The number of ether oxygens (including phenoxy) is 3. The molecule has 14 nitrogen and oxygen atoms in total. The summed E-state index contributed by atoms with van der Waals surface area (Å²) in [6, 6.07) is 39.5. The molecule has 0 amide bonds. The number of Topliss-reactive ketones (excluding diaryl/α,β-unsaturated/α-hetero) is 1. The molecule has 3 unspecified atom stereocenters. The smallest absolute Gasteiger partial charge is 0.363 e. The van der Waals surface area contributed by atoms with Crippen molar-refractivity contribution in [2.75, 3.05) is 34.8 Å². The predicted molar refractivity (Wildman–Crippen MR) is 381 cm³/mol. The van der Waals surface area contributed by atoms with Crippen LogP contribution in [0.25, 0.3) is 11.1 Å². The Morgan fingerprint density at radius 2 is 0.965 bits per heavy atom. The fraction of sp³-hybridized carbons (Fsp3) is 0.310. The molecule has 0 saturated heterocycles. The van der Waals surface area contributed by atoms with Crippen molar-refractivity contribution in [2.45, 2.75) is 73.3 Å². The summed E-state index contributed by atoms with van der Waals surface area (Å²) in [6.45, 7) is 10.4. The monoisotopic (exact) mass is 2860 g/mol. The number of aliphatic hydroxyl groups is 2. The van der Waals surface area contributed by atoms with Gasteiger partial charge in [0.15, 0.2) is 0 Å². The van der Waals surface area contributed by atoms with Crippen molar-refractivity contribution in [1.82, 2.24) is 5.16 Å². The summed E-state index contributed by atoms with van der Waals surface area (Å²) in [6.07, 6.45) is 0.340. The normalized spacial score (nSPS) is 8.21. The average Bonchev–Trinajstić information content (AvgIpc) is 3.66. The number of aliphatic hydroxyl groups excluding tert-OH is 2. The first-order valence-electron chi connectivity index (χ1n) is 19.9. The molecule has 0 aliphatic carbocycles. The molecule has 0 aliphatic heterocycles. The van der Waals surface area contributed by atoms with Crippen molar-refractivity contribution in [1.29, 1.82) is 0 Å². The number of esters is 3. The SMILES string of the molecule is C.CC=O.CCO.CCOC(=O)Cc1cc[c-]cc1.CI.COC(=O)C(C(C)=O)c1cc[c-]cc1.COC(=O)C(c1cc[c-]cc1)C(C)O.Cc1[nH]oc(=O)c1-c1cc[c-]cc1.IC(I)I.ICI.O.[CH3-].[CH3-].[CH3-].[CH3-].[CH3-].[CH3-].[CH3-].[CH3-].[W].[W].[W].[W].[Y].[Y].[Y].[Y]. The van der Waals surface area contributed by atoms with Crippen LogP contribution in [0.5, 0.6) is 0 Å². The van der Waals surface area contributed by atoms with E-state index in [1.807, 2.05) is 29.2 Å². The van der Waals surface area contributed by atoms with E-state index in [-0.39, 0.29) is 311 Å². The van der Waals surface area contributed by atoms with Crippen molar-refractivity contribution in [3.8, 4) is 11.1 Å². The first kappa shape index (κ1) is 155. The maximum atomic E-state index is 11.4. The number of aldehydes is 1. The average molecular weight is 2860 g/mol. The van der Waals surface area contributed by atoms with E-state index in [1.54, 1.807) is 100 Å². The second-order valence-corrected chi connectivity index (χ2v) is 27.4. The Morgan fingerprint density at radius 3 is 1.22 bits per heavy atom. The van der Waals surface area contributed by atoms with Gasteiger partial charge < -0.3 is 98.6 Å². The molecule has 1 aromatic heterocycles. The van der Waals surface area contributed by atoms with E-state index in [2.05, 4.69) is 179 Å². The molecule has 1 heterocycles. The van der Waals surface area contributed by atoms with E-state index in [0.717, 1.165) is 28.6 Å². The zero-order valence-electron chi connectivity index (χ0n) is 51.6. The number of aromatic amines is 1. The second kappa shape index (κ2) is 111. The number of alkyl halides is 6. The molecule has 3 atom stereocenters. The van der Waals surface area contributed by atoms with E-state index in [1.165, 1.54) is 30.5 Å². The van der Waals surface area contributed by atoms with E-state index in [9.17, 15) is 29.1 Å². The van der Waals surface area contributed by atoms with Gasteiger partial charge in [0, 0.05) is 228 Å². The van der Waals surface area contributed by atoms with Crippen LogP contribution < -0.4 is 5.63 Å². The third-order valence-corrected chi connectivity index (χ3v) is 7.29. The number of ketones is 1. The van der Waals surface area contributed by atoms with Crippen molar-refractivity contribution < 1.29 is 273 Å². The van der Waals surface area contributed by atoms with Gasteiger partial charge in [0.1, 0.15) is 17.9 Å². The molecule has 494 valence electrons. The standard InChI is InChI=1S/C11H13O3.C11H11O3.C10H8NO2.C10H11O2.C2H6O.C2H4O.CHI3.CH2I2.CH3I.CH4.8CH3.H2O.4W.4Y/c2*1-8(12)10(11(13)14-2)9-6-4-3-5-7-9;1-7-9(10(12)13-11-7)8-5-3-2-4-6-8;1-2-12-10(11)8-9-6-4-3-5-7-9;2*1-2-3;2-1(3)4;2-1-3;1-2;;;;;;;;;;;;;;;;;;/h4-8,10,12H,1-2H3;4-7,10H,1-2H3;3-6,11H,1H3;4-7H,2,8H2,1H3;3H,2H2,1H3;2H,1H3;1H;1H2;1H3;1H4;8*1H3;1H2;;;;;;;;/q4*-1;;;;;;;8*-1;;;;;;;;;. The van der Waals surface area contributed by atoms with Crippen molar-refractivity contribution in [3.63, 3.8) is 0 Å². The molecule has 5 rings (SSSR count). The predicted octanol–water partition coefficient (Wildman–Crippen LogP) is 14.8. The number of aryl methyl sites for hydroxylation is 1. The molecule has 86 heavy (non-hydrogen) atoms. The van der Waals surface area contributed by atoms with Gasteiger partial charge in [-0.05, 0) is 46.5 Å². The van der Waals surface area contributed by atoms with Crippen molar-refractivity contribution in [2.24, 2.45) is 0 Å². The maximum absolute atomic E-state index is 11.4. The van der Waals surface area contributed by atoms with Crippen LogP contribution in [0.3, 0.4) is 0 Å². The van der Waals surface area contributed by atoms with Gasteiger partial charge in [-0.1, -0.05) is 143 Å². The molecule has 0 fully saturated rings. The van der Waals surface area contributed by atoms with Crippen molar-refractivity contribution >= 4 is 166 Å². The van der Waals surface area contributed by atoms with Crippen LogP contribution in [0.4, 0.5) is 0 Å². The Balaban J connectivity index is -0.0000000276. The molecule has 5 aromatic rings. The van der Waals surface area contributed by atoms with Crippen LogP contribution in [0, 0.1) is 90.6 Å². The number of halogens is 6. The Hall–Kier alpha value is 5.07. The summed E-state index contributed by atoms with van der Waals surface area (Å²) < 4.78 is 20.6. The summed E-state index contributed by atoms with van der Waals surface area (Å²) >= 11 is 13.6. The topological polar surface area (TPSA) is 231 Å². The Morgan fingerprint density at radius 1 is 0.674 bits per heavy atom. The zero-order valence-corrected chi connectivity index (χ0v) is 87.7. The van der Waals surface area contributed by atoms with Gasteiger partial charge in [-0.2, -0.15) is 121 Å². The molecule has 4 aromatic carbocycles. The Kier molecular flexibility index (Phi) is 201. The third-order valence-electron chi connectivity index (χ3n) is 7.29. The molecule has 28 heteroatoms. The van der Waals surface area contributed by atoms with Crippen molar-refractivity contribution in [3.05, 3.63) is 214 Å². The number of rotatable bonds is 10. The quantitative estimate of drug-likeness (QED) is 0.0225. The molecule has 0 bridgehead atoms. The first-order chi connectivity index (χ1) is 32.4. The third kappa shape index (κ3) is 87.1. The van der Waals surface area contributed by atoms with Crippen LogP contribution in [0.1, 0.15) is 76.3 Å². The van der Waals surface area contributed by atoms with E-state index in [4.69, 9.17) is 14.6 Å². The first-order valence-corrected chi connectivity index (χ1v) is 28.8. The second-order valence-electron chi connectivity index (χ2n) is 12.0. The fourth-order valence-electron chi connectivity index (χ4n) is 4.78. The van der Waals surface area contributed by atoms with Gasteiger partial charge in [0.05, 0.1) is 46.5 Å². The minimum Gasteiger partial charge on any atom is -0.469 e. The van der Waals surface area contributed by atoms with Crippen LogP contribution in [-0.2, 0) is 260 Å². The van der Waals surface area contributed by atoms with E-state index in [0.29, 0.717) is 24.2 Å². The summed E-state index contributed by atoms with van der Waals surface area (Å²) in [5.41, 5.74) is 4.21. The number of benzene rings is 4. The Bertz CT molecular complexity index is 2090. The summed E-state index contributed by atoms with van der Waals surface area (Å²) in [7, 11) is 2.58. The Labute approximate surface area is 762 Å². The summed E-state index contributed by atoms with van der Waals surface area (Å²) in [5, 5.41) is 19.6. The van der Waals surface area contributed by atoms with Gasteiger partial charge in [0.2, 0.25) is 0 Å². The molecule has 0 saturated carbocycles. The molecular formula is C58H89I6NO13W4Y4-12. The number of hydrogen-bond acceptors (Lipinski definition) is 12. The van der Waals surface area contributed by atoms with E-state index < -0.39 is 29.9 Å². The number of carbonyl (C=O) groups is 5. The van der Waals surface area contributed by atoms with Gasteiger partial charge in [0.25, 0.3) is 0 Å². The van der Waals surface area contributed by atoms with Gasteiger partial charge in [-0.15, -0.1) is 22.3 Å². The van der Waals surface area contributed by atoms with E-state index >= 15 is 0 Å². The molecular weight excluding hydrogens is 2770 g/mol. The van der Waals surface area contributed by atoms with Gasteiger partial charge in [-0.3, -0.25) is 19.2 Å². The minimum absolute atomic E-state index is 0. The fourth-order valence-corrected chi connectivity index (χ4v) is 4.78. The number of methoxy groups -OCH3 is 2. The van der Waals surface area contributed by atoms with Crippen LogP contribution in [0.2, 0.25) is 0 Å². The largest absolute Gasteiger partial charge is 0.469 e. The number of carbonyl (C=O) groups excluding carboxylic acids is 5.